The molecule has 1 unspecified atom stereocenters. The highest BCUT2D eigenvalue weighted by molar-refractivity contribution is 6.31. The van der Waals surface area contributed by atoms with Crippen LogP contribution in [0.1, 0.15) is 82.3 Å². The molecule has 0 radical (unpaired) electrons. The molecule has 0 aliphatic rings. The van der Waals surface area contributed by atoms with Crippen molar-refractivity contribution in [3.8, 4) is 28.7 Å². The largest absolute Gasteiger partial charge is 0.508 e. The Kier molecular flexibility index (Phi) is 16.9. The molecule has 6 aromatic carbocycles. The van der Waals surface area contributed by atoms with Gasteiger partial charge in [-0.25, -0.2) is 0 Å². The van der Waals surface area contributed by atoms with Crippen molar-refractivity contribution in [1.82, 2.24) is 9.80 Å². The number of aliphatic hydroxyl groups is 1. The minimum absolute atomic E-state index is 0.0512. The normalized spacial score (nSPS) is 11.7. The summed E-state index contributed by atoms with van der Waals surface area (Å²) in [5, 5.41) is 40.3. The molecule has 0 aromatic heterocycles. The first-order valence-corrected chi connectivity index (χ1v) is 22.0. The van der Waals surface area contributed by atoms with Crippen molar-refractivity contribution in [1.29, 1.82) is 0 Å². The summed E-state index contributed by atoms with van der Waals surface area (Å²) in [5.41, 5.74) is 1.92. The number of likely N-dealkylation sites (N-methyl/N-ethyl adjacent to an activating group) is 2. The van der Waals surface area contributed by atoms with Gasteiger partial charge in [-0.2, -0.15) is 0 Å². The highest BCUT2D eigenvalue weighted by Gasteiger charge is 2.34. The van der Waals surface area contributed by atoms with E-state index in [1.165, 1.54) is 30.1 Å². The molecule has 14 heteroatoms. The maximum Gasteiger partial charge on any atom is 0.266 e. The molecule has 0 aliphatic heterocycles. The van der Waals surface area contributed by atoms with Gasteiger partial charge in [0.05, 0.1) is 12.6 Å². The van der Waals surface area contributed by atoms with Gasteiger partial charge < -0.3 is 39.7 Å². The molecule has 4 N–H and O–H groups in total. The van der Waals surface area contributed by atoms with Crippen LogP contribution in [0.3, 0.4) is 0 Å². The SMILES string of the molecule is CN(CC(O)c1ccc(O)c(O)c1)C(=O)C(C)(C)Oc1ccc(C(=O)c2ccc(Cl)cc2)cc1.Cc1cc(CCN(C)C(=O)C(C)(C)Oc2ccc(C(=O)c3ccc(Cl)cc3)cc2)ccc1O. The van der Waals surface area contributed by atoms with Crippen LogP contribution >= 0.6 is 23.2 Å². The molecule has 0 heterocycles. The van der Waals surface area contributed by atoms with E-state index in [9.17, 15) is 39.6 Å². The Morgan fingerprint density at radius 3 is 1.37 bits per heavy atom. The molecule has 0 spiro atoms. The van der Waals surface area contributed by atoms with Crippen LogP contribution in [-0.4, -0.2) is 92.0 Å². The first-order valence-electron chi connectivity index (χ1n) is 21.2. The number of carbonyl (C=O) groups excluding carboxylic acids is 4. The van der Waals surface area contributed by atoms with E-state index in [1.807, 2.05) is 19.1 Å². The summed E-state index contributed by atoms with van der Waals surface area (Å²) in [6, 6.07) is 36.0. The Morgan fingerprint density at radius 1 is 0.552 bits per heavy atom. The number of hydrogen-bond donors (Lipinski definition) is 4. The molecular formula is C53H54Cl2N2O10. The zero-order valence-electron chi connectivity index (χ0n) is 38.3. The fraction of sp³-hybridized carbons (Fsp3) is 0.245. The maximum absolute atomic E-state index is 13.0. The fourth-order valence-corrected chi connectivity index (χ4v) is 7.20. The van der Waals surface area contributed by atoms with Crippen molar-refractivity contribution >= 4 is 46.6 Å². The Labute approximate surface area is 400 Å². The van der Waals surface area contributed by atoms with E-state index in [0.29, 0.717) is 62.3 Å². The first-order chi connectivity index (χ1) is 31.5. The van der Waals surface area contributed by atoms with E-state index < -0.39 is 17.3 Å². The van der Waals surface area contributed by atoms with Gasteiger partial charge in [0.15, 0.2) is 34.3 Å². The van der Waals surface area contributed by atoms with Crippen molar-refractivity contribution in [2.45, 2.75) is 58.3 Å². The summed E-state index contributed by atoms with van der Waals surface area (Å²) < 4.78 is 11.9. The van der Waals surface area contributed by atoms with Crippen LogP contribution in [0.4, 0.5) is 0 Å². The Hall–Kier alpha value is -6.86. The highest BCUT2D eigenvalue weighted by Crippen LogP contribution is 2.29. The topological polar surface area (TPSA) is 174 Å². The molecule has 6 aromatic rings. The van der Waals surface area contributed by atoms with Crippen molar-refractivity contribution in [3.05, 3.63) is 182 Å². The van der Waals surface area contributed by atoms with Gasteiger partial charge in [0.25, 0.3) is 11.8 Å². The molecule has 0 fully saturated rings. The van der Waals surface area contributed by atoms with E-state index in [2.05, 4.69) is 0 Å². The number of ether oxygens (including phenoxy) is 2. The Morgan fingerprint density at radius 2 is 0.955 bits per heavy atom. The third-order valence-electron chi connectivity index (χ3n) is 10.7. The standard InChI is InChI=1S/C27H28ClNO4.C26H26ClNO6/c1-18-17-19(5-14-24(18)30)15-16-29(4)26(32)27(2,3)33-23-12-8-21(9-13-23)25(31)20-6-10-22(28)11-7-20;1-26(2,25(33)28(3)15-23(31)18-8-13-21(29)22(30)14-18)34-20-11-6-17(7-12-20)24(32)16-4-9-19(27)10-5-16/h5-14,17,30H,15-16H2,1-4H3;4-14,23,29-31H,15H2,1-3H3. The second-order valence-electron chi connectivity index (χ2n) is 17.0. The zero-order valence-corrected chi connectivity index (χ0v) is 39.8. The Balaban J connectivity index is 0.000000251. The number of phenolic OH excluding ortho intramolecular Hbond substituents is 3. The summed E-state index contributed by atoms with van der Waals surface area (Å²) in [7, 11) is 3.28. The molecular weight excluding hydrogens is 895 g/mol. The molecule has 67 heavy (non-hydrogen) atoms. The predicted octanol–water partition coefficient (Wildman–Crippen LogP) is 9.78. The van der Waals surface area contributed by atoms with Gasteiger partial charge in [-0.15, -0.1) is 0 Å². The van der Waals surface area contributed by atoms with Crippen molar-refractivity contribution in [2.75, 3.05) is 27.2 Å². The van der Waals surface area contributed by atoms with Crippen LogP contribution in [-0.2, 0) is 16.0 Å². The van der Waals surface area contributed by atoms with Crippen molar-refractivity contribution < 1.29 is 49.1 Å². The number of benzene rings is 6. The lowest BCUT2D eigenvalue weighted by molar-refractivity contribution is -0.145. The van der Waals surface area contributed by atoms with Crippen molar-refractivity contribution in [3.63, 3.8) is 0 Å². The quantitative estimate of drug-likeness (QED) is 0.0540. The van der Waals surface area contributed by atoms with Crippen LogP contribution in [0.2, 0.25) is 10.0 Å². The number of aryl methyl sites for hydroxylation is 1. The molecule has 2 amide bonds. The van der Waals surface area contributed by atoms with Gasteiger partial charge in [0, 0.05) is 52.9 Å². The number of carbonyl (C=O) groups is 4. The summed E-state index contributed by atoms with van der Waals surface area (Å²) in [6.07, 6.45) is -0.407. The minimum atomic E-state index is -1.26. The number of halogens is 2. The van der Waals surface area contributed by atoms with E-state index in [-0.39, 0.29) is 47.2 Å². The van der Waals surface area contributed by atoms with Crippen LogP contribution < -0.4 is 9.47 Å². The first kappa shape index (κ1) is 51.1. The van der Waals surface area contributed by atoms with Gasteiger partial charge in [-0.3, -0.25) is 19.2 Å². The average molecular weight is 950 g/mol. The Bertz CT molecular complexity index is 2690. The minimum Gasteiger partial charge on any atom is -0.508 e. The molecule has 0 saturated heterocycles. The lowest BCUT2D eigenvalue weighted by Gasteiger charge is -2.31. The van der Waals surface area contributed by atoms with Gasteiger partial charge >= 0.3 is 0 Å². The van der Waals surface area contributed by atoms with E-state index >= 15 is 0 Å². The number of rotatable bonds is 16. The van der Waals surface area contributed by atoms with E-state index in [0.717, 1.165) is 11.1 Å². The van der Waals surface area contributed by atoms with E-state index in [4.69, 9.17) is 32.7 Å². The molecule has 6 rings (SSSR count). The van der Waals surface area contributed by atoms with Gasteiger partial charge in [-0.1, -0.05) is 41.4 Å². The monoisotopic (exact) mass is 948 g/mol. The van der Waals surface area contributed by atoms with Gasteiger partial charge in [0.2, 0.25) is 0 Å². The number of amides is 2. The number of nitrogens with zero attached hydrogens (tertiary/aromatic N) is 2. The summed E-state index contributed by atoms with van der Waals surface area (Å²) in [4.78, 5) is 54.2. The molecule has 350 valence electrons. The van der Waals surface area contributed by atoms with E-state index in [1.54, 1.807) is 143 Å². The van der Waals surface area contributed by atoms with Crippen LogP contribution in [0.15, 0.2) is 133 Å². The van der Waals surface area contributed by atoms with Crippen LogP contribution in [0, 0.1) is 6.92 Å². The third-order valence-corrected chi connectivity index (χ3v) is 11.2. The highest BCUT2D eigenvalue weighted by atomic mass is 35.5. The molecule has 0 bridgehead atoms. The lowest BCUT2D eigenvalue weighted by Crippen LogP contribution is -2.48. The van der Waals surface area contributed by atoms with Crippen LogP contribution in [0.5, 0.6) is 28.7 Å². The average Bonchev–Trinajstić information content (AvgIpc) is 3.30. The summed E-state index contributed by atoms with van der Waals surface area (Å²) in [5.74, 6) is -0.283. The number of phenols is 3. The van der Waals surface area contributed by atoms with Gasteiger partial charge in [0.1, 0.15) is 17.2 Å². The second-order valence-corrected chi connectivity index (χ2v) is 17.9. The number of hydrogen-bond acceptors (Lipinski definition) is 10. The summed E-state index contributed by atoms with van der Waals surface area (Å²) in [6.45, 7) is 8.98. The number of aromatic hydroxyl groups is 3. The summed E-state index contributed by atoms with van der Waals surface area (Å²) >= 11 is 11.8. The molecule has 0 saturated carbocycles. The molecule has 0 aliphatic carbocycles. The lowest BCUT2D eigenvalue weighted by atomic mass is 10.0. The predicted molar refractivity (Wildman–Crippen MR) is 259 cm³/mol. The van der Waals surface area contributed by atoms with Gasteiger partial charge in [-0.05, 0) is 173 Å². The third kappa shape index (κ3) is 13.8. The second kappa shape index (κ2) is 22.1. The maximum atomic E-state index is 13.0. The fourth-order valence-electron chi connectivity index (χ4n) is 6.95. The smallest absolute Gasteiger partial charge is 0.266 e. The molecule has 1 atom stereocenters. The molecule has 12 nitrogen and oxygen atoms in total. The zero-order chi connectivity index (χ0) is 49.2. The number of aliphatic hydroxyl groups excluding tert-OH is 1. The number of ketones is 2. The van der Waals surface area contributed by atoms with Crippen molar-refractivity contribution in [2.24, 2.45) is 0 Å². The van der Waals surface area contributed by atoms with Crippen LogP contribution in [0.25, 0.3) is 0 Å².